The number of carbonyl (C=O) groups is 2. The van der Waals surface area contributed by atoms with E-state index in [0.717, 1.165) is 37.5 Å². The summed E-state index contributed by atoms with van der Waals surface area (Å²) in [6, 6.07) is 6.80. The molecule has 0 aliphatic carbocycles. The van der Waals surface area contributed by atoms with Crippen molar-refractivity contribution in [3.05, 3.63) is 35.4 Å². The molecular weight excluding hydrogens is 436 g/mol. The highest BCUT2D eigenvalue weighted by molar-refractivity contribution is 6.03. The number of carbonyl (C=O) groups excluding carboxylic acids is 2. The van der Waals surface area contributed by atoms with Crippen molar-refractivity contribution >= 4 is 11.9 Å². The standard InChI is InChI=1S/C31H52O4/c1-26(2)20-14-10-7-5-6-8-12-18-24-34-30(32)28-22-16-17-23-29(28)31(33)35-25-19-13-9-11-15-21-27(3)4/h16-17,22-23,26-27H,5-15,18-21,24-25H2,1-4H3. The van der Waals surface area contributed by atoms with Gasteiger partial charge in [0, 0.05) is 0 Å². The third-order valence-corrected chi connectivity index (χ3v) is 6.43. The molecule has 4 nitrogen and oxygen atoms in total. The van der Waals surface area contributed by atoms with Crippen LogP contribution in [0.5, 0.6) is 0 Å². The first-order chi connectivity index (χ1) is 16.9. The number of rotatable bonds is 21. The molecule has 0 aliphatic rings. The van der Waals surface area contributed by atoms with Gasteiger partial charge in [-0.05, 0) is 36.8 Å². The number of hydrogen-bond acceptors (Lipinski definition) is 4. The maximum Gasteiger partial charge on any atom is 0.339 e. The smallest absolute Gasteiger partial charge is 0.339 e. The maximum atomic E-state index is 12.5. The Morgan fingerprint density at radius 1 is 0.543 bits per heavy atom. The molecule has 0 bridgehead atoms. The van der Waals surface area contributed by atoms with Crippen molar-refractivity contribution in [1.82, 2.24) is 0 Å². The van der Waals surface area contributed by atoms with E-state index in [1.165, 1.54) is 70.6 Å². The summed E-state index contributed by atoms with van der Waals surface area (Å²) in [5.74, 6) is 0.704. The topological polar surface area (TPSA) is 52.6 Å². The Hall–Kier alpha value is -1.84. The minimum Gasteiger partial charge on any atom is -0.462 e. The van der Waals surface area contributed by atoms with Gasteiger partial charge in [-0.2, -0.15) is 0 Å². The number of unbranched alkanes of at least 4 members (excludes halogenated alkanes) is 11. The van der Waals surface area contributed by atoms with Crippen LogP contribution in [0.2, 0.25) is 0 Å². The molecule has 1 aromatic rings. The Kier molecular flexibility index (Phi) is 18.1. The molecule has 0 saturated carbocycles. The van der Waals surface area contributed by atoms with Gasteiger partial charge in [0.05, 0.1) is 24.3 Å². The van der Waals surface area contributed by atoms with Crippen LogP contribution in [-0.2, 0) is 9.47 Å². The van der Waals surface area contributed by atoms with Crippen molar-refractivity contribution in [2.45, 2.75) is 124 Å². The largest absolute Gasteiger partial charge is 0.462 e. The van der Waals surface area contributed by atoms with E-state index in [-0.39, 0.29) is 0 Å². The van der Waals surface area contributed by atoms with Crippen LogP contribution in [0.25, 0.3) is 0 Å². The molecule has 1 rings (SSSR count). The summed E-state index contributed by atoms with van der Waals surface area (Å²) in [6.07, 6.45) is 17.9. The minimum absolute atomic E-state index is 0.298. The first kappa shape index (κ1) is 31.2. The van der Waals surface area contributed by atoms with Gasteiger partial charge in [-0.15, -0.1) is 0 Å². The molecular formula is C31H52O4. The number of ether oxygens (including phenoxy) is 2. The van der Waals surface area contributed by atoms with Crippen LogP contribution in [0, 0.1) is 11.8 Å². The second-order valence-electron chi connectivity index (χ2n) is 10.8. The van der Waals surface area contributed by atoms with E-state index in [2.05, 4.69) is 27.7 Å². The molecule has 1 aromatic carbocycles. The van der Waals surface area contributed by atoms with E-state index >= 15 is 0 Å². The molecule has 0 radical (unpaired) electrons. The Labute approximate surface area is 215 Å². The summed E-state index contributed by atoms with van der Waals surface area (Å²) in [7, 11) is 0. The van der Waals surface area contributed by atoms with Gasteiger partial charge in [-0.1, -0.05) is 123 Å². The molecule has 0 aliphatic heterocycles. The van der Waals surface area contributed by atoms with Gasteiger partial charge < -0.3 is 9.47 Å². The highest BCUT2D eigenvalue weighted by Crippen LogP contribution is 2.15. The van der Waals surface area contributed by atoms with E-state index in [0.29, 0.717) is 24.3 Å². The molecule has 4 heteroatoms. The van der Waals surface area contributed by atoms with E-state index in [1.54, 1.807) is 24.3 Å². The summed E-state index contributed by atoms with van der Waals surface area (Å²) < 4.78 is 10.9. The lowest BCUT2D eigenvalue weighted by Gasteiger charge is -2.10. The maximum absolute atomic E-state index is 12.5. The van der Waals surface area contributed by atoms with E-state index in [9.17, 15) is 9.59 Å². The van der Waals surface area contributed by atoms with Crippen molar-refractivity contribution in [2.75, 3.05) is 13.2 Å². The van der Waals surface area contributed by atoms with Gasteiger partial charge in [-0.3, -0.25) is 0 Å². The van der Waals surface area contributed by atoms with Crippen LogP contribution < -0.4 is 0 Å². The van der Waals surface area contributed by atoms with Crippen molar-refractivity contribution in [3.63, 3.8) is 0 Å². The monoisotopic (exact) mass is 488 g/mol. The average molecular weight is 489 g/mol. The van der Waals surface area contributed by atoms with E-state index in [4.69, 9.17) is 9.47 Å². The second-order valence-corrected chi connectivity index (χ2v) is 10.8. The molecule has 0 amide bonds. The third kappa shape index (κ3) is 16.5. The third-order valence-electron chi connectivity index (χ3n) is 6.43. The SMILES string of the molecule is CC(C)CCCCCCCCCCOC(=O)c1ccccc1C(=O)OCCCCCCCC(C)C. The number of benzene rings is 1. The number of esters is 2. The molecule has 0 aromatic heterocycles. The lowest BCUT2D eigenvalue weighted by molar-refractivity contribution is 0.0450. The predicted molar refractivity (Wildman–Crippen MR) is 146 cm³/mol. The first-order valence-electron chi connectivity index (χ1n) is 14.3. The van der Waals surface area contributed by atoms with Crippen molar-refractivity contribution in [1.29, 1.82) is 0 Å². The Bertz CT molecular complexity index is 680. The molecule has 0 N–H and O–H groups in total. The zero-order chi connectivity index (χ0) is 25.7. The summed E-state index contributed by atoms with van der Waals surface area (Å²) in [4.78, 5) is 25.1. The lowest BCUT2D eigenvalue weighted by atomic mass is 10.0. The zero-order valence-corrected chi connectivity index (χ0v) is 23.1. The van der Waals surface area contributed by atoms with Gasteiger partial charge in [0.1, 0.15) is 0 Å². The first-order valence-corrected chi connectivity index (χ1v) is 14.3. The van der Waals surface area contributed by atoms with Crippen LogP contribution in [-0.4, -0.2) is 25.2 Å². The molecule has 0 atom stereocenters. The Balaban J connectivity index is 2.18. The van der Waals surface area contributed by atoms with Crippen LogP contribution in [0.4, 0.5) is 0 Å². The van der Waals surface area contributed by atoms with Gasteiger partial charge in [0.2, 0.25) is 0 Å². The van der Waals surface area contributed by atoms with E-state index < -0.39 is 11.9 Å². The minimum atomic E-state index is -0.439. The molecule has 0 fully saturated rings. The Morgan fingerprint density at radius 3 is 1.20 bits per heavy atom. The average Bonchev–Trinajstić information content (AvgIpc) is 2.83. The molecule has 0 heterocycles. The Morgan fingerprint density at radius 2 is 0.857 bits per heavy atom. The number of hydrogen-bond donors (Lipinski definition) is 0. The van der Waals surface area contributed by atoms with Gasteiger partial charge in [0.25, 0.3) is 0 Å². The summed E-state index contributed by atoms with van der Waals surface area (Å²) in [5.41, 5.74) is 0.597. The second kappa shape index (κ2) is 20.4. The molecule has 0 unspecified atom stereocenters. The zero-order valence-electron chi connectivity index (χ0n) is 23.1. The van der Waals surface area contributed by atoms with Crippen LogP contribution in [0.15, 0.2) is 24.3 Å². The van der Waals surface area contributed by atoms with Crippen LogP contribution in [0.3, 0.4) is 0 Å². The predicted octanol–water partition coefficient (Wildman–Crippen LogP) is 9.16. The highest BCUT2D eigenvalue weighted by Gasteiger charge is 2.18. The lowest BCUT2D eigenvalue weighted by Crippen LogP contribution is -2.15. The normalized spacial score (nSPS) is 11.3. The molecule has 0 spiro atoms. The van der Waals surface area contributed by atoms with E-state index in [1.807, 2.05) is 0 Å². The van der Waals surface area contributed by atoms with Crippen molar-refractivity contribution < 1.29 is 19.1 Å². The van der Waals surface area contributed by atoms with Gasteiger partial charge in [0.15, 0.2) is 0 Å². The van der Waals surface area contributed by atoms with Crippen molar-refractivity contribution in [3.8, 4) is 0 Å². The van der Waals surface area contributed by atoms with Crippen LogP contribution in [0.1, 0.15) is 145 Å². The van der Waals surface area contributed by atoms with Crippen LogP contribution >= 0.6 is 0 Å². The molecule has 35 heavy (non-hydrogen) atoms. The quantitative estimate of drug-likeness (QED) is 0.128. The highest BCUT2D eigenvalue weighted by atomic mass is 16.5. The molecule has 0 saturated heterocycles. The molecule has 200 valence electrons. The van der Waals surface area contributed by atoms with Gasteiger partial charge >= 0.3 is 11.9 Å². The fraction of sp³-hybridized carbons (Fsp3) is 0.742. The summed E-state index contributed by atoms with van der Waals surface area (Å²) in [6.45, 7) is 9.87. The fourth-order valence-electron chi connectivity index (χ4n) is 4.22. The fourth-order valence-corrected chi connectivity index (χ4v) is 4.22. The summed E-state index contributed by atoms with van der Waals surface area (Å²) >= 11 is 0. The van der Waals surface area contributed by atoms with Gasteiger partial charge in [-0.25, -0.2) is 9.59 Å². The van der Waals surface area contributed by atoms with Crippen molar-refractivity contribution in [2.24, 2.45) is 11.8 Å². The summed E-state index contributed by atoms with van der Waals surface area (Å²) in [5, 5.41) is 0.